The van der Waals surface area contributed by atoms with Gasteiger partial charge in [-0.1, -0.05) is 6.07 Å². The lowest BCUT2D eigenvalue weighted by Gasteiger charge is -2.09. The van der Waals surface area contributed by atoms with Gasteiger partial charge < -0.3 is 10.5 Å². The standard InChI is InChI=1S/C13H16FNO/c1-3-4-5-8-16-13-7-6-11(10(2)15)9-12(13)14/h1,6-7,9-10H,4-5,8,15H2,2H3/t10-/m0/s1. The zero-order chi connectivity index (χ0) is 12.0. The summed E-state index contributed by atoms with van der Waals surface area (Å²) in [5, 5.41) is 0. The first-order valence-electron chi connectivity index (χ1n) is 5.26. The molecule has 0 amide bonds. The van der Waals surface area contributed by atoms with Gasteiger partial charge >= 0.3 is 0 Å². The summed E-state index contributed by atoms with van der Waals surface area (Å²) in [6.07, 6.45) is 6.46. The molecule has 1 aromatic carbocycles. The molecule has 0 heterocycles. The molecule has 1 aromatic rings. The fourth-order valence-corrected chi connectivity index (χ4v) is 1.27. The van der Waals surface area contributed by atoms with Crippen molar-refractivity contribution in [2.45, 2.75) is 25.8 Å². The Kier molecular flexibility index (Phi) is 4.81. The summed E-state index contributed by atoms with van der Waals surface area (Å²) < 4.78 is 18.8. The smallest absolute Gasteiger partial charge is 0.165 e. The van der Waals surface area contributed by atoms with Crippen molar-refractivity contribution in [1.29, 1.82) is 0 Å². The van der Waals surface area contributed by atoms with E-state index in [1.165, 1.54) is 6.07 Å². The largest absolute Gasteiger partial charge is 0.490 e. The first kappa shape index (κ1) is 12.5. The van der Waals surface area contributed by atoms with Gasteiger partial charge in [-0.05, 0) is 31.0 Å². The third kappa shape index (κ3) is 3.56. The van der Waals surface area contributed by atoms with Crippen LogP contribution in [0.15, 0.2) is 18.2 Å². The molecule has 0 fully saturated rings. The predicted molar refractivity (Wildman–Crippen MR) is 62.6 cm³/mol. The quantitative estimate of drug-likeness (QED) is 0.612. The Morgan fingerprint density at radius 2 is 2.31 bits per heavy atom. The van der Waals surface area contributed by atoms with Gasteiger partial charge in [0.05, 0.1) is 6.61 Å². The highest BCUT2D eigenvalue weighted by molar-refractivity contribution is 5.30. The van der Waals surface area contributed by atoms with Crippen LogP contribution in [0, 0.1) is 18.2 Å². The Bertz CT molecular complexity index is 382. The number of halogens is 1. The van der Waals surface area contributed by atoms with Gasteiger partial charge in [0.15, 0.2) is 11.6 Å². The fourth-order valence-electron chi connectivity index (χ4n) is 1.27. The number of benzene rings is 1. The maximum Gasteiger partial charge on any atom is 0.165 e. The van der Waals surface area contributed by atoms with E-state index in [4.69, 9.17) is 16.9 Å². The molecular weight excluding hydrogens is 205 g/mol. The lowest BCUT2D eigenvalue weighted by atomic mass is 10.1. The summed E-state index contributed by atoms with van der Waals surface area (Å²) in [6.45, 7) is 2.24. The third-order valence-electron chi connectivity index (χ3n) is 2.20. The maximum absolute atomic E-state index is 13.5. The normalized spacial score (nSPS) is 11.9. The summed E-state index contributed by atoms with van der Waals surface area (Å²) >= 11 is 0. The van der Waals surface area contributed by atoms with Crippen LogP contribution < -0.4 is 10.5 Å². The van der Waals surface area contributed by atoms with Gasteiger partial charge in [0, 0.05) is 12.5 Å². The minimum Gasteiger partial charge on any atom is -0.490 e. The minimum atomic E-state index is -0.379. The Morgan fingerprint density at radius 3 is 2.88 bits per heavy atom. The van der Waals surface area contributed by atoms with Crippen LogP contribution in [-0.4, -0.2) is 6.61 Å². The van der Waals surface area contributed by atoms with Crippen molar-refractivity contribution in [2.24, 2.45) is 5.73 Å². The Labute approximate surface area is 95.6 Å². The first-order valence-corrected chi connectivity index (χ1v) is 5.26. The lowest BCUT2D eigenvalue weighted by Crippen LogP contribution is -2.06. The van der Waals surface area contributed by atoms with Crippen LogP contribution in [0.3, 0.4) is 0 Å². The molecule has 0 aliphatic heterocycles. The van der Waals surface area contributed by atoms with Crippen LogP contribution in [0.5, 0.6) is 5.75 Å². The third-order valence-corrected chi connectivity index (χ3v) is 2.20. The number of hydrogen-bond acceptors (Lipinski definition) is 2. The molecule has 0 saturated carbocycles. The zero-order valence-corrected chi connectivity index (χ0v) is 9.37. The molecule has 0 saturated heterocycles. The van der Waals surface area contributed by atoms with Crippen molar-refractivity contribution in [2.75, 3.05) is 6.61 Å². The van der Waals surface area contributed by atoms with E-state index >= 15 is 0 Å². The zero-order valence-electron chi connectivity index (χ0n) is 9.37. The van der Waals surface area contributed by atoms with Gasteiger partial charge in [0.2, 0.25) is 0 Å². The van der Waals surface area contributed by atoms with Crippen LogP contribution >= 0.6 is 0 Å². The van der Waals surface area contributed by atoms with Crippen molar-refractivity contribution < 1.29 is 9.13 Å². The second kappa shape index (κ2) is 6.14. The number of hydrogen-bond donors (Lipinski definition) is 1. The van der Waals surface area contributed by atoms with E-state index in [1.54, 1.807) is 12.1 Å². The van der Waals surface area contributed by atoms with Crippen molar-refractivity contribution in [3.63, 3.8) is 0 Å². The maximum atomic E-state index is 13.5. The second-order valence-electron chi connectivity index (χ2n) is 3.63. The first-order chi connectivity index (χ1) is 7.65. The molecule has 0 aromatic heterocycles. The molecule has 0 unspecified atom stereocenters. The molecule has 0 bridgehead atoms. The van der Waals surface area contributed by atoms with E-state index in [1.807, 2.05) is 6.92 Å². The fraction of sp³-hybridized carbons (Fsp3) is 0.385. The highest BCUT2D eigenvalue weighted by Gasteiger charge is 2.06. The molecule has 16 heavy (non-hydrogen) atoms. The summed E-state index contributed by atoms with van der Waals surface area (Å²) in [7, 11) is 0. The highest BCUT2D eigenvalue weighted by Crippen LogP contribution is 2.21. The summed E-state index contributed by atoms with van der Waals surface area (Å²) in [6, 6.07) is 4.60. The molecule has 1 atom stereocenters. The van der Waals surface area contributed by atoms with Crippen molar-refractivity contribution in [3.8, 4) is 18.1 Å². The van der Waals surface area contributed by atoms with Gasteiger partial charge in [0.25, 0.3) is 0 Å². The molecule has 2 nitrogen and oxygen atoms in total. The summed E-state index contributed by atoms with van der Waals surface area (Å²) in [5.41, 5.74) is 6.40. The van der Waals surface area contributed by atoms with Gasteiger partial charge in [-0.25, -0.2) is 4.39 Å². The minimum absolute atomic E-state index is 0.176. The van der Waals surface area contributed by atoms with Gasteiger partial charge in [-0.3, -0.25) is 0 Å². The SMILES string of the molecule is C#CCCCOc1ccc([C@H](C)N)cc1F. The Hall–Kier alpha value is -1.53. The van der Waals surface area contributed by atoms with Crippen LogP contribution in [0.1, 0.15) is 31.4 Å². The molecule has 1 rings (SSSR count). The van der Waals surface area contributed by atoms with Crippen molar-refractivity contribution >= 4 is 0 Å². The molecule has 0 radical (unpaired) electrons. The van der Waals surface area contributed by atoms with Crippen molar-refractivity contribution in [1.82, 2.24) is 0 Å². The number of unbranched alkanes of at least 4 members (excludes halogenated alkanes) is 1. The van der Waals surface area contributed by atoms with Crippen LogP contribution in [0.2, 0.25) is 0 Å². The number of nitrogens with two attached hydrogens (primary N) is 1. The molecule has 3 heteroatoms. The predicted octanol–water partition coefficient (Wildman–Crippen LogP) is 2.64. The molecule has 2 N–H and O–H groups in total. The Morgan fingerprint density at radius 1 is 1.56 bits per heavy atom. The van der Waals surface area contributed by atoms with E-state index in [-0.39, 0.29) is 17.6 Å². The molecular formula is C13H16FNO. The van der Waals surface area contributed by atoms with Crippen molar-refractivity contribution in [3.05, 3.63) is 29.6 Å². The summed E-state index contributed by atoms with van der Waals surface area (Å²) in [5.74, 6) is 2.37. The van der Waals surface area contributed by atoms with Crippen LogP contribution in [0.25, 0.3) is 0 Å². The van der Waals surface area contributed by atoms with E-state index in [0.29, 0.717) is 13.0 Å². The van der Waals surface area contributed by atoms with E-state index in [0.717, 1.165) is 12.0 Å². The molecule has 0 spiro atoms. The lowest BCUT2D eigenvalue weighted by molar-refractivity contribution is 0.297. The molecule has 0 aliphatic rings. The average Bonchev–Trinajstić information content (AvgIpc) is 2.26. The number of rotatable bonds is 5. The van der Waals surface area contributed by atoms with Gasteiger partial charge in [0.1, 0.15) is 0 Å². The van der Waals surface area contributed by atoms with Crippen LogP contribution in [0.4, 0.5) is 4.39 Å². The Balaban J connectivity index is 2.58. The molecule has 0 aliphatic carbocycles. The van der Waals surface area contributed by atoms with E-state index in [2.05, 4.69) is 5.92 Å². The van der Waals surface area contributed by atoms with Crippen LogP contribution in [-0.2, 0) is 0 Å². The van der Waals surface area contributed by atoms with E-state index < -0.39 is 0 Å². The average molecular weight is 221 g/mol. The topological polar surface area (TPSA) is 35.2 Å². The van der Waals surface area contributed by atoms with Gasteiger partial charge in [-0.15, -0.1) is 12.3 Å². The van der Waals surface area contributed by atoms with Gasteiger partial charge in [-0.2, -0.15) is 0 Å². The number of terminal acetylenes is 1. The second-order valence-corrected chi connectivity index (χ2v) is 3.63. The monoisotopic (exact) mass is 221 g/mol. The highest BCUT2D eigenvalue weighted by atomic mass is 19.1. The van der Waals surface area contributed by atoms with E-state index in [9.17, 15) is 4.39 Å². The summed E-state index contributed by atoms with van der Waals surface area (Å²) in [4.78, 5) is 0. The molecule has 86 valence electrons. The number of ether oxygens (including phenoxy) is 1.